The van der Waals surface area contributed by atoms with E-state index in [0.29, 0.717) is 0 Å². The van der Waals surface area contributed by atoms with Crippen molar-refractivity contribution in [2.75, 3.05) is 33.8 Å². The molecule has 0 unspecified atom stereocenters. The summed E-state index contributed by atoms with van der Waals surface area (Å²) in [5.74, 6) is -3.16. The van der Waals surface area contributed by atoms with Gasteiger partial charge in [-0.2, -0.15) is 0 Å². The minimum atomic E-state index is -1.82. The molecule has 0 aromatic heterocycles. The SMILES string of the molecule is CC[N+](C)(CC)CC.COC(=O)C(=O)[O-]. The highest BCUT2D eigenvalue weighted by Crippen LogP contribution is 1.97. The number of quaternary nitrogens is 1. The Morgan fingerprint density at radius 1 is 1.13 bits per heavy atom. The summed E-state index contributed by atoms with van der Waals surface area (Å²) in [6.45, 7) is 10.5. The van der Waals surface area contributed by atoms with Crippen LogP contribution < -0.4 is 5.11 Å². The topological polar surface area (TPSA) is 66.4 Å². The number of hydrogen-bond acceptors (Lipinski definition) is 4. The van der Waals surface area contributed by atoms with E-state index in [9.17, 15) is 14.7 Å². The first-order chi connectivity index (χ1) is 6.86. The molecule has 0 aliphatic rings. The summed E-state index contributed by atoms with van der Waals surface area (Å²) in [5, 5.41) is 9.34. The number of ether oxygens (including phenoxy) is 1. The lowest BCUT2D eigenvalue weighted by Gasteiger charge is -2.30. The van der Waals surface area contributed by atoms with Gasteiger partial charge in [-0.1, -0.05) is 0 Å². The molecule has 5 heteroatoms. The maximum atomic E-state index is 9.63. The van der Waals surface area contributed by atoms with Crippen LogP contribution in [0.25, 0.3) is 0 Å². The highest BCUT2D eigenvalue weighted by molar-refractivity contribution is 6.27. The Labute approximate surface area is 91.2 Å². The minimum Gasteiger partial charge on any atom is -0.539 e. The summed E-state index contributed by atoms with van der Waals surface area (Å²) < 4.78 is 4.92. The first-order valence-electron chi connectivity index (χ1n) is 4.99. The van der Waals surface area contributed by atoms with Crippen molar-refractivity contribution >= 4 is 11.9 Å². The van der Waals surface area contributed by atoms with E-state index < -0.39 is 11.9 Å². The van der Waals surface area contributed by atoms with E-state index in [4.69, 9.17) is 0 Å². The maximum Gasteiger partial charge on any atom is 0.353 e. The number of hydrogen-bond donors (Lipinski definition) is 0. The van der Waals surface area contributed by atoms with Crippen molar-refractivity contribution in [3.05, 3.63) is 0 Å². The van der Waals surface area contributed by atoms with Crippen molar-refractivity contribution in [3.8, 4) is 0 Å². The van der Waals surface area contributed by atoms with E-state index in [1.807, 2.05) is 0 Å². The van der Waals surface area contributed by atoms with Gasteiger partial charge in [0.15, 0.2) is 5.97 Å². The Bertz CT molecular complexity index is 191. The van der Waals surface area contributed by atoms with E-state index in [0.717, 1.165) is 7.11 Å². The molecule has 0 rings (SSSR count). The molecular formula is C10H21NO4. The van der Waals surface area contributed by atoms with Crippen molar-refractivity contribution < 1.29 is 23.9 Å². The lowest BCUT2D eigenvalue weighted by molar-refractivity contribution is -0.904. The van der Waals surface area contributed by atoms with Gasteiger partial charge in [0.2, 0.25) is 0 Å². The minimum absolute atomic E-state index is 0.970. The molecule has 0 saturated heterocycles. The van der Waals surface area contributed by atoms with Crippen molar-refractivity contribution in [2.45, 2.75) is 20.8 Å². The zero-order valence-corrected chi connectivity index (χ0v) is 10.2. The highest BCUT2D eigenvalue weighted by atomic mass is 16.5. The normalized spacial score (nSPS) is 9.93. The molecule has 0 saturated carbocycles. The first-order valence-corrected chi connectivity index (χ1v) is 4.99. The third kappa shape index (κ3) is 7.93. The van der Waals surface area contributed by atoms with Gasteiger partial charge in [0.1, 0.15) is 0 Å². The Morgan fingerprint density at radius 2 is 1.47 bits per heavy atom. The van der Waals surface area contributed by atoms with Crippen LogP contribution in [0.15, 0.2) is 0 Å². The van der Waals surface area contributed by atoms with Crippen LogP contribution in [-0.4, -0.2) is 50.2 Å². The van der Waals surface area contributed by atoms with Crippen LogP contribution in [-0.2, 0) is 14.3 Å². The van der Waals surface area contributed by atoms with E-state index >= 15 is 0 Å². The molecule has 0 aromatic rings. The van der Waals surface area contributed by atoms with E-state index in [2.05, 4.69) is 32.6 Å². The van der Waals surface area contributed by atoms with E-state index in [1.54, 1.807) is 0 Å². The quantitative estimate of drug-likeness (QED) is 0.361. The fraction of sp³-hybridized carbons (Fsp3) is 0.800. The zero-order valence-electron chi connectivity index (χ0n) is 10.2. The summed E-state index contributed by atoms with van der Waals surface area (Å²) >= 11 is 0. The van der Waals surface area contributed by atoms with Gasteiger partial charge in [-0.05, 0) is 20.8 Å². The predicted molar refractivity (Wildman–Crippen MR) is 54.8 cm³/mol. The molecule has 0 fully saturated rings. The summed E-state index contributed by atoms with van der Waals surface area (Å²) in [6.07, 6.45) is 0. The number of methoxy groups -OCH3 is 1. The highest BCUT2D eigenvalue weighted by Gasteiger charge is 2.10. The molecule has 0 aliphatic heterocycles. The van der Waals surface area contributed by atoms with Crippen molar-refractivity contribution in [2.24, 2.45) is 0 Å². The van der Waals surface area contributed by atoms with E-state index in [1.165, 1.54) is 24.1 Å². The van der Waals surface area contributed by atoms with Gasteiger partial charge in [-0.3, -0.25) is 0 Å². The Kier molecular flexibility index (Phi) is 8.96. The monoisotopic (exact) mass is 219 g/mol. The van der Waals surface area contributed by atoms with Gasteiger partial charge >= 0.3 is 5.97 Å². The second-order valence-corrected chi connectivity index (χ2v) is 3.35. The van der Waals surface area contributed by atoms with Crippen LogP contribution in [0.1, 0.15) is 20.8 Å². The van der Waals surface area contributed by atoms with Gasteiger partial charge in [0.25, 0.3) is 0 Å². The second kappa shape index (κ2) is 8.23. The molecule has 0 heterocycles. The van der Waals surface area contributed by atoms with Crippen LogP contribution in [0, 0.1) is 0 Å². The number of esters is 1. The number of carbonyl (C=O) groups excluding carboxylic acids is 2. The average Bonchev–Trinajstić information content (AvgIpc) is 2.27. The summed E-state index contributed by atoms with van der Waals surface area (Å²) in [5.41, 5.74) is 0. The Hall–Kier alpha value is -1.10. The smallest absolute Gasteiger partial charge is 0.353 e. The van der Waals surface area contributed by atoms with Gasteiger partial charge in [0, 0.05) is 0 Å². The number of nitrogens with zero attached hydrogens (tertiary/aromatic N) is 1. The van der Waals surface area contributed by atoms with Crippen LogP contribution in [0.3, 0.4) is 0 Å². The number of carboxylic acid groups (broad SMARTS) is 1. The lowest BCUT2D eigenvalue weighted by Crippen LogP contribution is -2.42. The van der Waals surface area contributed by atoms with E-state index in [-0.39, 0.29) is 0 Å². The van der Waals surface area contributed by atoms with Crippen molar-refractivity contribution in [1.29, 1.82) is 0 Å². The first kappa shape index (κ1) is 16.3. The Morgan fingerprint density at radius 3 is 1.47 bits per heavy atom. The molecule has 0 bridgehead atoms. The molecule has 0 N–H and O–H groups in total. The number of carbonyl (C=O) groups is 2. The number of aliphatic carboxylic acids is 1. The van der Waals surface area contributed by atoms with Gasteiger partial charge in [-0.15, -0.1) is 0 Å². The zero-order chi connectivity index (χ0) is 12.5. The molecule has 0 spiro atoms. The number of carboxylic acids is 1. The van der Waals surface area contributed by atoms with Crippen LogP contribution in [0.2, 0.25) is 0 Å². The lowest BCUT2D eigenvalue weighted by atomic mass is 10.4. The second-order valence-electron chi connectivity index (χ2n) is 3.35. The van der Waals surface area contributed by atoms with Crippen LogP contribution in [0.5, 0.6) is 0 Å². The predicted octanol–water partition coefficient (Wildman–Crippen LogP) is -0.598. The van der Waals surface area contributed by atoms with Gasteiger partial charge in [-0.25, -0.2) is 4.79 Å². The van der Waals surface area contributed by atoms with Crippen molar-refractivity contribution in [3.63, 3.8) is 0 Å². The van der Waals surface area contributed by atoms with Gasteiger partial charge in [0.05, 0.1) is 33.8 Å². The summed E-state index contributed by atoms with van der Waals surface area (Å²) in [6, 6.07) is 0. The molecule has 0 aliphatic carbocycles. The standard InChI is InChI=1S/C7H18N.C3H4O4/c1-5-8(4,6-2)7-3;1-7-3(6)2(4)5/h5-7H2,1-4H3;1H3,(H,4,5)/q+1;/p-1. The van der Waals surface area contributed by atoms with Crippen molar-refractivity contribution in [1.82, 2.24) is 0 Å². The Balaban J connectivity index is 0. The number of rotatable bonds is 3. The summed E-state index contributed by atoms with van der Waals surface area (Å²) in [7, 11) is 3.26. The fourth-order valence-corrected chi connectivity index (χ4v) is 0.754. The molecule has 90 valence electrons. The third-order valence-corrected chi connectivity index (χ3v) is 2.64. The van der Waals surface area contributed by atoms with Crippen LogP contribution in [0.4, 0.5) is 0 Å². The van der Waals surface area contributed by atoms with Crippen LogP contribution >= 0.6 is 0 Å². The summed E-state index contributed by atoms with van der Waals surface area (Å²) in [4.78, 5) is 19.0. The molecular weight excluding hydrogens is 198 g/mol. The maximum absolute atomic E-state index is 9.63. The molecule has 0 atom stereocenters. The molecule has 0 radical (unpaired) electrons. The fourth-order valence-electron chi connectivity index (χ4n) is 0.754. The molecule has 5 nitrogen and oxygen atoms in total. The average molecular weight is 219 g/mol. The molecule has 0 amide bonds. The molecule has 15 heavy (non-hydrogen) atoms. The largest absolute Gasteiger partial charge is 0.539 e. The third-order valence-electron chi connectivity index (χ3n) is 2.64. The van der Waals surface area contributed by atoms with Gasteiger partial charge < -0.3 is 19.1 Å². The molecule has 0 aromatic carbocycles.